The van der Waals surface area contributed by atoms with Crippen LogP contribution in [0.25, 0.3) is 0 Å². The van der Waals surface area contributed by atoms with Crippen LogP contribution in [0.15, 0.2) is 83.8 Å². The summed E-state index contributed by atoms with van der Waals surface area (Å²) >= 11 is 0. The molecule has 3 aromatic carbocycles. The maximum absolute atomic E-state index is 13.3. The maximum atomic E-state index is 13.3. The Bertz CT molecular complexity index is 1080. The molecule has 0 fully saturated rings. The number of aliphatic hydroxyl groups is 2. The number of anilines is 1. The highest BCUT2D eigenvalue weighted by Crippen LogP contribution is 2.43. The van der Waals surface area contributed by atoms with Gasteiger partial charge in [0.25, 0.3) is 10.0 Å². The van der Waals surface area contributed by atoms with Gasteiger partial charge in [-0.15, -0.1) is 0 Å². The third-order valence-corrected chi connectivity index (χ3v) is 6.93. The number of aliphatic hydroxyl groups excluding tert-OH is 2. The van der Waals surface area contributed by atoms with Gasteiger partial charge < -0.3 is 10.2 Å². The molecule has 0 spiro atoms. The Kier molecular flexibility index (Phi) is 4.71. The molecule has 1 aliphatic rings. The Morgan fingerprint density at radius 1 is 0.821 bits per heavy atom. The average molecular weight is 395 g/mol. The summed E-state index contributed by atoms with van der Waals surface area (Å²) in [6.07, 6.45) is -2.91. The smallest absolute Gasteiger partial charge is 0.266 e. The summed E-state index contributed by atoms with van der Waals surface area (Å²) in [6.45, 7) is 1.87. The van der Waals surface area contributed by atoms with Crippen molar-refractivity contribution in [1.82, 2.24) is 0 Å². The van der Waals surface area contributed by atoms with Crippen molar-refractivity contribution >= 4 is 15.7 Å². The van der Waals surface area contributed by atoms with E-state index in [1.807, 2.05) is 37.3 Å². The molecule has 5 nitrogen and oxygen atoms in total. The summed E-state index contributed by atoms with van der Waals surface area (Å²) in [6, 6.07) is 22.7. The van der Waals surface area contributed by atoms with Crippen LogP contribution in [0.3, 0.4) is 0 Å². The van der Waals surface area contributed by atoms with Crippen LogP contribution in [0.5, 0.6) is 0 Å². The molecule has 144 valence electrons. The first-order chi connectivity index (χ1) is 13.4. The molecule has 4 rings (SSSR count). The molecule has 0 saturated carbocycles. The van der Waals surface area contributed by atoms with E-state index in [0.717, 1.165) is 15.4 Å². The summed E-state index contributed by atoms with van der Waals surface area (Å²) in [4.78, 5) is 0.0670. The molecule has 0 amide bonds. The molecule has 0 aromatic heterocycles. The Balaban J connectivity index is 1.88. The molecule has 2 N–H and O–H groups in total. The van der Waals surface area contributed by atoms with E-state index in [-0.39, 0.29) is 4.90 Å². The number of fused-ring (bicyclic) bond motifs is 1. The van der Waals surface area contributed by atoms with Crippen molar-refractivity contribution in [2.45, 2.75) is 30.1 Å². The van der Waals surface area contributed by atoms with E-state index >= 15 is 0 Å². The Morgan fingerprint density at radius 3 is 2.11 bits per heavy atom. The monoisotopic (exact) mass is 395 g/mol. The lowest BCUT2D eigenvalue weighted by Gasteiger charge is -2.42. The van der Waals surface area contributed by atoms with Gasteiger partial charge in [0.15, 0.2) is 6.23 Å². The van der Waals surface area contributed by atoms with Gasteiger partial charge in [-0.2, -0.15) is 0 Å². The van der Waals surface area contributed by atoms with E-state index in [1.165, 1.54) is 12.1 Å². The molecule has 1 aliphatic heterocycles. The van der Waals surface area contributed by atoms with Crippen molar-refractivity contribution in [2.24, 2.45) is 0 Å². The SMILES string of the molecule is Cc1ccc(S(=O)(=O)N2c3ccccc3C(c3ccccc3)C(O)C2O)cc1. The Morgan fingerprint density at radius 2 is 1.43 bits per heavy atom. The highest BCUT2D eigenvalue weighted by atomic mass is 32.2. The first kappa shape index (κ1) is 18.7. The number of hydrogen-bond donors (Lipinski definition) is 2. The third-order valence-electron chi connectivity index (χ3n) is 5.13. The standard InChI is InChI=1S/C22H21NO4S/c1-15-11-13-17(14-12-15)28(26,27)23-19-10-6-5-9-18(19)20(21(24)22(23)25)16-7-3-2-4-8-16/h2-14,20-22,24-25H,1H3. The van der Waals surface area contributed by atoms with Gasteiger partial charge in [0.05, 0.1) is 10.6 Å². The second-order valence-electron chi connectivity index (χ2n) is 6.97. The molecule has 3 atom stereocenters. The fourth-order valence-electron chi connectivity index (χ4n) is 3.72. The number of para-hydroxylation sites is 1. The molecule has 0 radical (unpaired) electrons. The van der Waals surface area contributed by atoms with E-state index in [2.05, 4.69) is 0 Å². The minimum Gasteiger partial charge on any atom is -0.387 e. The van der Waals surface area contributed by atoms with Gasteiger partial charge in [0.2, 0.25) is 0 Å². The zero-order valence-electron chi connectivity index (χ0n) is 15.3. The predicted molar refractivity (Wildman–Crippen MR) is 108 cm³/mol. The third kappa shape index (κ3) is 2.99. The molecule has 6 heteroatoms. The minimum atomic E-state index is -4.06. The quantitative estimate of drug-likeness (QED) is 0.715. The van der Waals surface area contributed by atoms with Crippen molar-refractivity contribution in [2.75, 3.05) is 4.31 Å². The van der Waals surface area contributed by atoms with Crippen LogP contribution in [0.4, 0.5) is 5.69 Å². The summed E-state index contributed by atoms with van der Waals surface area (Å²) in [5, 5.41) is 21.8. The van der Waals surface area contributed by atoms with Crippen LogP contribution in [0.1, 0.15) is 22.6 Å². The Hall–Kier alpha value is -2.67. The zero-order valence-corrected chi connectivity index (χ0v) is 16.1. The first-order valence-electron chi connectivity index (χ1n) is 9.02. The molecule has 0 aliphatic carbocycles. The zero-order chi connectivity index (χ0) is 19.9. The van der Waals surface area contributed by atoms with E-state index < -0.39 is 28.3 Å². The summed E-state index contributed by atoms with van der Waals surface area (Å²) < 4.78 is 27.6. The highest BCUT2D eigenvalue weighted by molar-refractivity contribution is 7.92. The van der Waals surface area contributed by atoms with Crippen molar-refractivity contribution in [3.8, 4) is 0 Å². The number of aryl methyl sites for hydroxylation is 1. The van der Waals surface area contributed by atoms with Crippen LogP contribution in [0, 0.1) is 6.92 Å². The van der Waals surface area contributed by atoms with Gasteiger partial charge in [-0.1, -0.05) is 66.2 Å². The highest BCUT2D eigenvalue weighted by Gasteiger charge is 2.45. The summed E-state index contributed by atoms with van der Waals surface area (Å²) in [7, 11) is -4.06. The van der Waals surface area contributed by atoms with Gasteiger partial charge in [-0.3, -0.25) is 0 Å². The second-order valence-corrected chi connectivity index (χ2v) is 8.78. The van der Waals surface area contributed by atoms with Gasteiger partial charge in [-0.05, 0) is 36.2 Å². The van der Waals surface area contributed by atoms with Crippen LogP contribution in [-0.2, 0) is 10.0 Å². The lowest BCUT2D eigenvalue weighted by atomic mass is 9.82. The Labute approximate surface area is 164 Å². The number of benzene rings is 3. The van der Waals surface area contributed by atoms with Crippen LogP contribution in [-0.4, -0.2) is 31.0 Å². The van der Waals surface area contributed by atoms with Gasteiger partial charge in [0.1, 0.15) is 6.10 Å². The molecule has 0 saturated heterocycles. The topological polar surface area (TPSA) is 77.8 Å². The van der Waals surface area contributed by atoms with Crippen LogP contribution < -0.4 is 4.31 Å². The predicted octanol–water partition coefficient (Wildman–Crippen LogP) is 3.02. The summed E-state index contributed by atoms with van der Waals surface area (Å²) in [5.74, 6) is -0.531. The van der Waals surface area contributed by atoms with Crippen molar-refractivity contribution in [3.63, 3.8) is 0 Å². The van der Waals surface area contributed by atoms with Crippen molar-refractivity contribution < 1.29 is 18.6 Å². The van der Waals surface area contributed by atoms with Crippen molar-refractivity contribution in [3.05, 3.63) is 95.6 Å². The lowest BCUT2D eigenvalue weighted by molar-refractivity contribution is 0.0119. The lowest BCUT2D eigenvalue weighted by Crippen LogP contribution is -2.53. The number of rotatable bonds is 3. The molecule has 3 unspecified atom stereocenters. The van der Waals surface area contributed by atoms with E-state index in [1.54, 1.807) is 36.4 Å². The molecule has 1 heterocycles. The first-order valence-corrected chi connectivity index (χ1v) is 10.5. The van der Waals surface area contributed by atoms with Crippen LogP contribution in [0.2, 0.25) is 0 Å². The van der Waals surface area contributed by atoms with Crippen molar-refractivity contribution in [1.29, 1.82) is 0 Å². The fraction of sp³-hybridized carbons (Fsp3) is 0.182. The normalized spacial score (nSPS) is 22.0. The van der Waals surface area contributed by atoms with Gasteiger partial charge in [0, 0.05) is 5.92 Å². The average Bonchev–Trinajstić information content (AvgIpc) is 2.70. The molecule has 0 bridgehead atoms. The molecule has 28 heavy (non-hydrogen) atoms. The number of sulfonamides is 1. The minimum absolute atomic E-state index is 0.0670. The fourth-order valence-corrected chi connectivity index (χ4v) is 5.26. The maximum Gasteiger partial charge on any atom is 0.266 e. The number of hydrogen-bond acceptors (Lipinski definition) is 4. The van der Waals surface area contributed by atoms with Crippen LogP contribution >= 0.6 is 0 Å². The number of nitrogens with zero attached hydrogens (tertiary/aromatic N) is 1. The van der Waals surface area contributed by atoms with E-state index in [4.69, 9.17) is 0 Å². The molecule has 3 aromatic rings. The molecular formula is C22H21NO4S. The van der Waals surface area contributed by atoms with E-state index in [9.17, 15) is 18.6 Å². The van der Waals surface area contributed by atoms with Gasteiger partial charge in [-0.25, -0.2) is 12.7 Å². The summed E-state index contributed by atoms with van der Waals surface area (Å²) in [5.41, 5.74) is 2.77. The van der Waals surface area contributed by atoms with E-state index in [0.29, 0.717) is 11.3 Å². The molecular weight excluding hydrogens is 374 g/mol. The van der Waals surface area contributed by atoms with Gasteiger partial charge >= 0.3 is 0 Å². The second kappa shape index (κ2) is 7.05. The largest absolute Gasteiger partial charge is 0.387 e.